The van der Waals surface area contributed by atoms with Crippen molar-refractivity contribution in [3.8, 4) is 5.75 Å². The first-order chi connectivity index (χ1) is 10.4. The molecule has 2 rings (SSSR count). The van der Waals surface area contributed by atoms with Crippen molar-refractivity contribution in [3.05, 3.63) is 41.2 Å². The van der Waals surface area contributed by atoms with Gasteiger partial charge in [0.1, 0.15) is 29.3 Å². The van der Waals surface area contributed by atoms with Gasteiger partial charge in [-0.3, -0.25) is 0 Å². The number of allylic oxidation sites excluding steroid dienone is 1. The molecule has 22 heavy (non-hydrogen) atoms. The first kappa shape index (κ1) is 16.1. The Bertz CT molecular complexity index is 703. The zero-order valence-electron chi connectivity index (χ0n) is 13.7. The zero-order chi connectivity index (χ0) is 16.3. The fraction of sp³-hybridized carbons (Fsp3) is 0.389. The molecule has 118 valence electrons. The molecular formula is C18H22O4. The van der Waals surface area contributed by atoms with E-state index in [0.29, 0.717) is 29.3 Å². The molecule has 4 heteroatoms. The van der Waals surface area contributed by atoms with Crippen LogP contribution in [-0.2, 0) is 4.74 Å². The highest BCUT2D eigenvalue weighted by atomic mass is 16.5. The first-order valence-electron chi connectivity index (χ1n) is 7.38. The van der Waals surface area contributed by atoms with E-state index in [1.54, 1.807) is 6.92 Å². The summed E-state index contributed by atoms with van der Waals surface area (Å²) < 4.78 is 16.6. The average Bonchev–Trinajstić information content (AvgIpc) is 2.72. The Morgan fingerprint density at radius 3 is 2.68 bits per heavy atom. The van der Waals surface area contributed by atoms with Crippen molar-refractivity contribution < 1.29 is 18.7 Å². The Morgan fingerprint density at radius 2 is 2.05 bits per heavy atom. The molecule has 0 fully saturated rings. The summed E-state index contributed by atoms with van der Waals surface area (Å²) in [6, 6.07) is 5.47. The van der Waals surface area contributed by atoms with Gasteiger partial charge in [0.2, 0.25) is 0 Å². The fourth-order valence-electron chi connectivity index (χ4n) is 2.12. The lowest BCUT2D eigenvalue weighted by molar-refractivity contribution is 0.0378. The van der Waals surface area contributed by atoms with Crippen LogP contribution in [-0.4, -0.2) is 18.7 Å². The Labute approximate surface area is 130 Å². The fourth-order valence-corrected chi connectivity index (χ4v) is 2.12. The molecule has 1 heterocycles. The molecular weight excluding hydrogens is 280 g/mol. The normalized spacial score (nSPS) is 10.8. The van der Waals surface area contributed by atoms with E-state index in [-0.39, 0.29) is 12.1 Å². The summed E-state index contributed by atoms with van der Waals surface area (Å²) in [5.41, 5.74) is 2.32. The van der Waals surface area contributed by atoms with Gasteiger partial charge in [-0.2, -0.15) is 0 Å². The molecule has 0 atom stereocenters. The highest BCUT2D eigenvalue weighted by Gasteiger charge is 2.20. The lowest BCUT2D eigenvalue weighted by Crippen LogP contribution is -2.12. The summed E-state index contributed by atoms with van der Waals surface area (Å²) in [5, 5.41) is 0.720. The molecule has 4 nitrogen and oxygen atoms in total. The van der Waals surface area contributed by atoms with Gasteiger partial charge >= 0.3 is 5.97 Å². The molecule has 0 N–H and O–H groups in total. The Kier molecular flexibility index (Phi) is 4.91. The van der Waals surface area contributed by atoms with Crippen LogP contribution in [0.4, 0.5) is 0 Å². The number of aryl methyl sites for hydroxylation is 1. The maximum Gasteiger partial charge on any atom is 0.342 e. The van der Waals surface area contributed by atoms with Gasteiger partial charge in [-0.05, 0) is 58.9 Å². The minimum absolute atomic E-state index is 0.172. The minimum Gasteiger partial charge on any atom is -0.490 e. The lowest BCUT2D eigenvalue weighted by Gasteiger charge is -2.07. The van der Waals surface area contributed by atoms with Gasteiger partial charge in [-0.1, -0.05) is 5.57 Å². The van der Waals surface area contributed by atoms with Crippen LogP contribution < -0.4 is 4.74 Å². The maximum atomic E-state index is 12.2. The first-order valence-corrected chi connectivity index (χ1v) is 7.38. The van der Waals surface area contributed by atoms with Gasteiger partial charge in [0, 0.05) is 5.39 Å². The number of ether oxygens (including phenoxy) is 2. The van der Waals surface area contributed by atoms with Crippen LogP contribution in [0.2, 0.25) is 0 Å². The molecule has 1 aromatic heterocycles. The van der Waals surface area contributed by atoms with Crippen molar-refractivity contribution in [1.29, 1.82) is 0 Å². The van der Waals surface area contributed by atoms with Crippen LogP contribution in [0.1, 0.15) is 43.8 Å². The van der Waals surface area contributed by atoms with E-state index in [0.717, 1.165) is 5.39 Å². The number of carbonyl (C=O) groups is 1. The Morgan fingerprint density at radius 1 is 1.32 bits per heavy atom. The van der Waals surface area contributed by atoms with Crippen LogP contribution in [0.5, 0.6) is 5.75 Å². The van der Waals surface area contributed by atoms with Gasteiger partial charge in [-0.25, -0.2) is 4.79 Å². The van der Waals surface area contributed by atoms with Crippen molar-refractivity contribution in [3.63, 3.8) is 0 Å². The minimum atomic E-state index is -0.368. The van der Waals surface area contributed by atoms with Gasteiger partial charge in [0.15, 0.2) is 0 Å². The molecule has 0 aliphatic carbocycles. The largest absolute Gasteiger partial charge is 0.490 e. The molecule has 0 bridgehead atoms. The van der Waals surface area contributed by atoms with Crippen molar-refractivity contribution in [2.75, 3.05) is 6.61 Å². The van der Waals surface area contributed by atoms with Gasteiger partial charge in [0.25, 0.3) is 0 Å². The number of carbonyl (C=O) groups excluding carboxylic acids is 1. The Balaban J connectivity index is 2.34. The summed E-state index contributed by atoms with van der Waals surface area (Å²) in [7, 11) is 0. The number of hydrogen-bond donors (Lipinski definition) is 0. The predicted molar refractivity (Wildman–Crippen MR) is 86.4 cm³/mol. The summed E-state index contributed by atoms with van der Waals surface area (Å²) >= 11 is 0. The topological polar surface area (TPSA) is 48.7 Å². The third-order valence-corrected chi connectivity index (χ3v) is 3.12. The summed E-state index contributed by atoms with van der Waals surface area (Å²) in [5.74, 6) is 0.888. The second kappa shape index (κ2) is 6.69. The smallest absolute Gasteiger partial charge is 0.342 e. The van der Waals surface area contributed by atoms with E-state index in [1.165, 1.54) is 5.57 Å². The average molecular weight is 302 g/mol. The molecule has 2 aromatic rings. The molecule has 0 radical (unpaired) electrons. The maximum absolute atomic E-state index is 12.2. The number of fused-ring (bicyclic) bond motifs is 1. The van der Waals surface area contributed by atoms with Crippen LogP contribution >= 0.6 is 0 Å². The standard InChI is InChI=1S/C18H22O4/c1-11(2)8-9-20-14-6-7-16-15(10-14)17(13(5)22-16)18(19)21-12(3)4/h6-8,10,12H,9H2,1-5H3. The van der Waals surface area contributed by atoms with E-state index in [4.69, 9.17) is 13.9 Å². The molecule has 0 saturated heterocycles. The molecule has 0 aliphatic heterocycles. The van der Waals surface area contributed by atoms with Crippen LogP contribution in [0.3, 0.4) is 0 Å². The molecule has 0 unspecified atom stereocenters. The molecule has 0 spiro atoms. The Hall–Kier alpha value is -2.23. The van der Waals surface area contributed by atoms with Crippen molar-refractivity contribution in [2.45, 2.75) is 40.7 Å². The zero-order valence-corrected chi connectivity index (χ0v) is 13.7. The predicted octanol–water partition coefficient (Wildman–Crippen LogP) is 4.65. The van der Waals surface area contributed by atoms with Crippen LogP contribution in [0, 0.1) is 6.92 Å². The summed E-state index contributed by atoms with van der Waals surface area (Å²) in [4.78, 5) is 12.2. The van der Waals surface area contributed by atoms with Crippen LogP contribution in [0.25, 0.3) is 11.0 Å². The van der Waals surface area contributed by atoms with Crippen molar-refractivity contribution in [1.82, 2.24) is 0 Å². The van der Waals surface area contributed by atoms with Crippen LogP contribution in [0.15, 0.2) is 34.3 Å². The highest BCUT2D eigenvalue weighted by molar-refractivity contribution is 6.04. The number of hydrogen-bond acceptors (Lipinski definition) is 4. The molecule has 0 saturated carbocycles. The number of furan rings is 1. The molecule has 1 aromatic carbocycles. The SMILES string of the molecule is CC(C)=CCOc1ccc2oc(C)c(C(=O)OC(C)C)c2c1. The van der Waals surface area contributed by atoms with E-state index in [9.17, 15) is 4.79 Å². The van der Waals surface area contributed by atoms with Gasteiger partial charge in [0.05, 0.1) is 6.10 Å². The van der Waals surface area contributed by atoms with Gasteiger partial charge in [-0.15, -0.1) is 0 Å². The quantitative estimate of drug-likeness (QED) is 0.596. The summed E-state index contributed by atoms with van der Waals surface area (Å²) in [6.07, 6.45) is 1.83. The second-order valence-corrected chi connectivity index (χ2v) is 5.74. The second-order valence-electron chi connectivity index (χ2n) is 5.74. The van der Waals surface area contributed by atoms with E-state index in [1.807, 2.05) is 52.0 Å². The highest BCUT2D eigenvalue weighted by Crippen LogP contribution is 2.30. The molecule has 0 amide bonds. The monoisotopic (exact) mass is 302 g/mol. The van der Waals surface area contributed by atoms with Gasteiger partial charge < -0.3 is 13.9 Å². The van der Waals surface area contributed by atoms with E-state index < -0.39 is 0 Å². The number of rotatable bonds is 5. The lowest BCUT2D eigenvalue weighted by atomic mass is 10.1. The van der Waals surface area contributed by atoms with E-state index in [2.05, 4.69) is 0 Å². The van der Waals surface area contributed by atoms with Crippen molar-refractivity contribution >= 4 is 16.9 Å². The number of benzene rings is 1. The molecule has 0 aliphatic rings. The summed E-state index contributed by atoms with van der Waals surface area (Å²) in [6.45, 7) is 9.95. The number of esters is 1. The van der Waals surface area contributed by atoms with E-state index >= 15 is 0 Å². The van der Waals surface area contributed by atoms with Crippen molar-refractivity contribution in [2.24, 2.45) is 0 Å². The third-order valence-electron chi connectivity index (χ3n) is 3.12. The third kappa shape index (κ3) is 3.70.